The largest absolute Gasteiger partial charge is 0.332 e. The van der Waals surface area contributed by atoms with Crippen LogP contribution in [0.5, 0.6) is 0 Å². The van der Waals surface area contributed by atoms with E-state index in [4.69, 9.17) is 0 Å². The minimum Gasteiger partial charge on any atom is -0.332 e. The van der Waals surface area contributed by atoms with E-state index >= 15 is 0 Å². The number of hydrogen-bond acceptors (Lipinski definition) is 2. The fraction of sp³-hybridized carbons (Fsp3) is 0.294. The fourth-order valence-corrected chi connectivity index (χ4v) is 1.74. The Morgan fingerprint density at radius 3 is 2.00 bits per heavy atom. The number of rotatable bonds is 10. The minimum atomic E-state index is -0.155. The summed E-state index contributed by atoms with van der Waals surface area (Å²) in [5.74, 6) is -0.311. The van der Waals surface area contributed by atoms with Crippen LogP contribution in [0.3, 0.4) is 0 Å². The first kappa shape index (κ1) is 18.6. The average Bonchev–Trinajstić information content (AvgIpc) is 2.49. The summed E-state index contributed by atoms with van der Waals surface area (Å²) < 4.78 is 0. The maximum atomic E-state index is 11.7. The lowest BCUT2D eigenvalue weighted by atomic mass is 10.2. The monoisotopic (exact) mass is 288 g/mol. The predicted octanol–water partition coefficient (Wildman–Crippen LogP) is 2.33. The van der Waals surface area contributed by atoms with Crippen LogP contribution in [0.25, 0.3) is 0 Å². The molecule has 1 atom stereocenters. The van der Waals surface area contributed by atoms with Crippen molar-refractivity contribution < 1.29 is 9.59 Å². The molecular weight excluding hydrogens is 264 g/mol. The van der Waals surface area contributed by atoms with Gasteiger partial charge in [-0.25, -0.2) is 0 Å². The van der Waals surface area contributed by atoms with E-state index in [9.17, 15) is 9.59 Å². The van der Waals surface area contributed by atoms with Crippen LogP contribution >= 0.6 is 0 Å². The molecule has 0 bridgehead atoms. The van der Waals surface area contributed by atoms with Crippen molar-refractivity contribution in [2.75, 3.05) is 19.6 Å². The molecule has 0 spiro atoms. The number of amides is 2. The van der Waals surface area contributed by atoms with E-state index in [1.165, 1.54) is 12.2 Å². The summed E-state index contributed by atoms with van der Waals surface area (Å²) in [7, 11) is 0. The third kappa shape index (κ3) is 6.56. The Kier molecular flexibility index (Phi) is 9.26. The highest BCUT2D eigenvalue weighted by molar-refractivity contribution is 5.87. The van der Waals surface area contributed by atoms with Gasteiger partial charge in [0.05, 0.1) is 0 Å². The molecule has 0 saturated heterocycles. The van der Waals surface area contributed by atoms with Crippen LogP contribution in [0, 0.1) is 0 Å². The summed E-state index contributed by atoms with van der Waals surface area (Å²) in [6.45, 7) is 17.4. The molecule has 0 aliphatic heterocycles. The van der Waals surface area contributed by atoms with Crippen molar-refractivity contribution in [3.05, 3.63) is 62.8 Å². The predicted molar refractivity (Wildman–Crippen MR) is 87.7 cm³/mol. The van der Waals surface area contributed by atoms with Gasteiger partial charge in [0.25, 0.3) is 0 Å². The molecule has 0 N–H and O–H groups in total. The molecular formula is C17H24N2O2. The molecule has 4 heteroatoms. The Hall–Kier alpha value is -2.36. The van der Waals surface area contributed by atoms with Crippen molar-refractivity contribution in [2.45, 2.75) is 13.0 Å². The summed E-state index contributed by atoms with van der Waals surface area (Å²) in [5, 5.41) is 0. The lowest BCUT2D eigenvalue weighted by molar-refractivity contribution is -0.127. The first-order valence-corrected chi connectivity index (χ1v) is 6.74. The molecule has 0 saturated carbocycles. The molecule has 0 aromatic heterocycles. The van der Waals surface area contributed by atoms with E-state index in [0.717, 1.165) is 0 Å². The second kappa shape index (κ2) is 10.4. The van der Waals surface area contributed by atoms with Crippen LogP contribution in [0.4, 0.5) is 0 Å². The summed E-state index contributed by atoms with van der Waals surface area (Å²) >= 11 is 0. The lowest BCUT2D eigenvalue weighted by Crippen LogP contribution is -2.36. The highest BCUT2D eigenvalue weighted by Crippen LogP contribution is 2.03. The first-order chi connectivity index (χ1) is 10.0. The summed E-state index contributed by atoms with van der Waals surface area (Å²) in [6.07, 6.45) is 9.59. The van der Waals surface area contributed by atoms with Gasteiger partial charge in [0, 0.05) is 25.7 Å². The highest BCUT2D eigenvalue weighted by Gasteiger charge is 2.14. The molecule has 1 unspecified atom stereocenters. The van der Waals surface area contributed by atoms with E-state index < -0.39 is 0 Å². The molecule has 21 heavy (non-hydrogen) atoms. The highest BCUT2D eigenvalue weighted by atomic mass is 16.2. The molecule has 0 aromatic carbocycles. The Morgan fingerprint density at radius 2 is 1.52 bits per heavy atom. The molecule has 4 nitrogen and oxygen atoms in total. The van der Waals surface area contributed by atoms with Gasteiger partial charge in [0.15, 0.2) is 0 Å². The van der Waals surface area contributed by atoms with E-state index in [1.807, 2.05) is 19.1 Å². The fourth-order valence-electron chi connectivity index (χ4n) is 1.74. The van der Waals surface area contributed by atoms with Crippen molar-refractivity contribution in [1.29, 1.82) is 0 Å². The van der Waals surface area contributed by atoms with E-state index in [-0.39, 0.29) is 17.9 Å². The smallest absolute Gasteiger partial charge is 0.246 e. The molecule has 0 aliphatic carbocycles. The van der Waals surface area contributed by atoms with Crippen LogP contribution in [-0.2, 0) is 9.59 Å². The van der Waals surface area contributed by atoms with Gasteiger partial charge in [-0.15, -0.1) is 13.2 Å². The van der Waals surface area contributed by atoms with Gasteiger partial charge in [-0.3, -0.25) is 9.59 Å². The average molecular weight is 288 g/mol. The second-order valence-corrected chi connectivity index (χ2v) is 4.39. The Morgan fingerprint density at radius 1 is 0.952 bits per heavy atom. The van der Waals surface area contributed by atoms with E-state index in [0.29, 0.717) is 19.6 Å². The van der Waals surface area contributed by atoms with E-state index in [1.54, 1.807) is 22.0 Å². The first-order valence-electron chi connectivity index (χ1n) is 6.74. The third-order valence-electron chi connectivity index (χ3n) is 2.85. The quantitative estimate of drug-likeness (QED) is 0.457. The second-order valence-electron chi connectivity index (χ2n) is 4.39. The topological polar surface area (TPSA) is 40.6 Å². The van der Waals surface area contributed by atoms with Gasteiger partial charge < -0.3 is 9.80 Å². The molecule has 114 valence electrons. The van der Waals surface area contributed by atoms with Crippen molar-refractivity contribution in [2.24, 2.45) is 0 Å². The van der Waals surface area contributed by atoms with Gasteiger partial charge in [-0.1, -0.05) is 37.5 Å². The van der Waals surface area contributed by atoms with Crippen molar-refractivity contribution in [1.82, 2.24) is 9.80 Å². The van der Waals surface area contributed by atoms with Crippen LogP contribution in [0.2, 0.25) is 0 Å². The zero-order valence-electron chi connectivity index (χ0n) is 12.7. The Labute approximate surface area is 127 Å². The molecule has 0 aromatic rings. The molecule has 0 radical (unpaired) electrons. The lowest BCUT2D eigenvalue weighted by Gasteiger charge is -2.25. The molecule has 0 heterocycles. The van der Waals surface area contributed by atoms with Crippen molar-refractivity contribution in [3.8, 4) is 0 Å². The summed E-state index contributed by atoms with van der Waals surface area (Å²) in [5.41, 5.74) is 0. The van der Waals surface area contributed by atoms with Crippen LogP contribution in [-0.4, -0.2) is 47.3 Å². The standard InChI is InChI=1S/C17H24N2O2/c1-6-12-18(16(20)8-3)14-10-11-15(5)19(13-7-2)17(21)9-4/h6-11,15H,1-4,12-14H2,5H3/b11-10+. The van der Waals surface area contributed by atoms with Gasteiger partial charge in [0.1, 0.15) is 0 Å². The SMILES string of the molecule is C=CCN(C/C=C/C(C)N(CC=C)C(=O)C=C)C(=O)C=C. The maximum absolute atomic E-state index is 11.7. The molecule has 2 amide bonds. The van der Waals surface area contributed by atoms with E-state index in [2.05, 4.69) is 26.3 Å². The zero-order valence-corrected chi connectivity index (χ0v) is 12.7. The minimum absolute atomic E-state index is 0.113. The number of hydrogen-bond donors (Lipinski definition) is 0. The molecule has 0 fully saturated rings. The zero-order chi connectivity index (χ0) is 16.3. The van der Waals surface area contributed by atoms with Gasteiger partial charge >= 0.3 is 0 Å². The summed E-state index contributed by atoms with van der Waals surface area (Å²) in [6, 6.07) is -0.113. The normalized spacial score (nSPS) is 11.5. The molecule has 0 aliphatic rings. The molecule has 0 rings (SSSR count). The summed E-state index contributed by atoms with van der Waals surface area (Å²) in [4.78, 5) is 26.6. The maximum Gasteiger partial charge on any atom is 0.246 e. The van der Waals surface area contributed by atoms with Crippen LogP contribution < -0.4 is 0 Å². The van der Waals surface area contributed by atoms with Crippen molar-refractivity contribution in [3.63, 3.8) is 0 Å². The van der Waals surface area contributed by atoms with Crippen LogP contribution in [0.15, 0.2) is 62.8 Å². The third-order valence-corrected chi connectivity index (χ3v) is 2.85. The Balaban J connectivity index is 4.74. The van der Waals surface area contributed by atoms with Crippen LogP contribution in [0.1, 0.15) is 6.92 Å². The van der Waals surface area contributed by atoms with Gasteiger partial charge in [0.2, 0.25) is 11.8 Å². The number of carbonyl (C=O) groups is 2. The van der Waals surface area contributed by atoms with Gasteiger partial charge in [-0.05, 0) is 19.1 Å². The Bertz CT molecular complexity index is 438. The van der Waals surface area contributed by atoms with Gasteiger partial charge in [-0.2, -0.15) is 0 Å². The number of carbonyl (C=O) groups excluding carboxylic acids is 2. The van der Waals surface area contributed by atoms with Crippen molar-refractivity contribution >= 4 is 11.8 Å². The number of nitrogens with zero attached hydrogens (tertiary/aromatic N) is 2.